The van der Waals surface area contributed by atoms with Crippen LogP contribution in [-0.2, 0) is 16.6 Å². The number of ether oxygens (including phenoxy) is 2. The highest BCUT2D eigenvalue weighted by Gasteiger charge is 2.35. The van der Waals surface area contributed by atoms with Gasteiger partial charge in [-0.3, -0.25) is 4.79 Å². The maximum atomic E-state index is 12.9. The van der Waals surface area contributed by atoms with E-state index in [0.29, 0.717) is 28.4 Å². The Labute approximate surface area is 190 Å². The largest absolute Gasteiger partial charge is 0.495 e. The van der Waals surface area contributed by atoms with Gasteiger partial charge in [0.2, 0.25) is 10.0 Å². The molecule has 2 aromatic carbocycles. The average molecular weight is 476 g/mol. The highest BCUT2D eigenvalue weighted by molar-refractivity contribution is 7.89. The van der Waals surface area contributed by atoms with Crippen LogP contribution >= 0.6 is 11.3 Å². The number of carbonyl (C=O) groups excluding carboxylic acids is 1. The monoisotopic (exact) mass is 475 g/mol. The molecule has 0 aliphatic heterocycles. The molecule has 3 aromatic rings. The molecule has 0 bridgehead atoms. The fourth-order valence-electron chi connectivity index (χ4n) is 3.55. The highest BCUT2D eigenvalue weighted by atomic mass is 32.2. The number of hydrogen-bond donors (Lipinski definition) is 0. The Hall–Kier alpha value is -2.69. The molecule has 4 rings (SSSR count). The third kappa shape index (κ3) is 3.94. The number of carbonyl (C=O) groups is 1. The Morgan fingerprint density at radius 1 is 1.12 bits per heavy atom. The van der Waals surface area contributed by atoms with Gasteiger partial charge in [0, 0.05) is 25.2 Å². The number of aromatic nitrogens is 1. The van der Waals surface area contributed by atoms with Gasteiger partial charge in [-0.15, -0.1) is 0 Å². The van der Waals surface area contributed by atoms with Crippen LogP contribution in [-0.4, -0.2) is 50.5 Å². The van der Waals surface area contributed by atoms with Gasteiger partial charge in [0.1, 0.15) is 21.7 Å². The molecule has 170 valence electrons. The van der Waals surface area contributed by atoms with Gasteiger partial charge in [-0.05, 0) is 56.2 Å². The van der Waals surface area contributed by atoms with Crippen molar-refractivity contribution < 1.29 is 22.7 Å². The second-order valence-corrected chi connectivity index (χ2v) is 10.4. The Morgan fingerprint density at radius 2 is 1.75 bits per heavy atom. The highest BCUT2D eigenvalue weighted by Crippen LogP contribution is 2.35. The molecule has 0 N–H and O–H groups in total. The van der Waals surface area contributed by atoms with Crippen LogP contribution in [0.15, 0.2) is 46.3 Å². The molecule has 0 radical (unpaired) electrons. The molecule has 1 saturated carbocycles. The van der Waals surface area contributed by atoms with E-state index in [1.165, 1.54) is 39.9 Å². The van der Waals surface area contributed by atoms with E-state index in [4.69, 9.17) is 9.47 Å². The number of fused-ring (bicyclic) bond motifs is 1. The summed E-state index contributed by atoms with van der Waals surface area (Å²) in [5.41, 5.74) is 1.13. The minimum Gasteiger partial charge on any atom is -0.495 e. The number of methoxy groups -OCH3 is 2. The fraction of sp³-hybridized carbons (Fsp3) is 0.364. The van der Waals surface area contributed by atoms with E-state index in [1.807, 2.05) is 23.6 Å². The molecule has 0 spiro atoms. The second-order valence-electron chi connectivity index (χ2n) is 7.47. The van der Waals surface area contributed by atoms with Crippen molar-refractivity contribution in [1.82, 2.24) is 8.87 Å². The van der Waals surface area contributed by atoms with Crippen molar-refractivity contribution in [2.75, 3.05) is 21.3 Å². The molecule has 1 aliphatic carbocycles. The molecule has 8 nitrogen and oxygen atoms in total. The Kier molecular flexibility index (Phi) is 6.11. The van der Waals surface area contributed by atoms with Crippen molar-refractivity contribution in [2.45, 2.75) is 37.2 Å². The van der Waals surface area contributed by atoms with Gasteiger partial charge in [0.25, 0.3) is 5.91 Å². The number of nitrogens with zero attached hydrogens (tertiary/aromatic N) is 3. The zero-order valence-electron chi connectivity index (χ0n) is 18.4. The lowest BCUT2D eigenvalue weighted by Crippen LogP contribution is -2.28. The van der Waals surface area contributed by atoms with E-state index in [1.54, 1.807) is 21.3 Å². The fourth-order valence-corrected chi connectivity index (χ4v) is 6.17. The standard InChI is InChI=1S/C22H25N3O5S2/c1-5-25-19-17(29-3)12-13-18(30-4)20(19)31-22(25)23-21(26)14-6-10-16(11-7-14)32(27,28)24(2)15-8-9-15/h6-7,10-13,15H,5,8-9H2,1-4H3. The third-order valence-corrected chi connectivity index (χ3v) is 8.56. The molecular formula is C22H25N3O5S2. The summed E-state index contributed by atoms with van der Waals surface area (Å²) in [7, 11) is 1.22. The summed E-state index contributed by atoms with van der Waals surface area (Å²) in [5, 5.41) is 0. The summed E-state index contributed by atoms with van der Waals surface area (Å²) >= 11 is 1.34. The third-order valence-electron chi connectivity index (χ3n) is 5.55. The zero-order valence-corrected chi connectivity index (χ0v) is 20.0. The van der Waals surface area contributed by atoms with Crippen LogP contribution in [0.3, 0.4) is 0 Å². The minimum absolute atomic E-state index is 0.0720. The maximum absolute atomic E-state index is 12.9. The van der Waals surface area contributed by atoms with Gasteiger partial charge >= 0.3 is 0 Å². The summed E-state index contributed by atoms with van der Waals surface area (Å²) in [6, 6.07) is 9.64. The van der Waals surface area contributed by atoms with E-state index in [-0.39, 0.29) is 10.9 Å². The summed E-state index contributed by atoms with van der Waals surface area (Å²) in [6.45, 7) is 2.55. The van der Waals surface area contributed by atoms with E-state index >= 15 is 0 Å². The van der Waals surface area contributed by atoms with Crippen molar-refractivity contribution in [3.63, 3.8) is 0 Å². The number of rotatable bonds is 7. The molecule has 1 aromatic heterocycles. The predicted octanol–water partition coefficient (Wildman–Crippen LogP) is 3.26. The number of sulfonamides is 1. The van der Waals surface area contributed by atoms with E-state index in [0.717, 1.165) is 23.1 Å². The van der Waals surface area contributed by atoms with Crippen LogP contribution in [0.1, 0.15) is 30.1 Å². The normalized spacial score (nSPS) is 14.8. The van der Waals surface area contributed by atoms with E-state index in [2.05, 4.69) is 4.99 Å². The second kappa shape index (κ2) is 8.68. The zero-order chi connectivity index (χ0) is 23.0. The lowest BCUT2D eigenvalue weighted by molar-refractivity contribution is 0.0997. The quantitative estimate of drug-likeness (QED) is 0.523. The van der Waals surface area contributed by atoms with E-state index < -0.39 is 15.9 Å². The maximum Gasteiger partial charge on any atom is 0.279 e. The van der Waals surface area contributed by atoms with Crippen LogP contribution in [0, 0.1) is 0 Å². The summed E-state index contributed by atoms with van der Waals surface area (Å²) < 4.78 is 40.5. The van der Waals surface area contributed by atoms with Gasteiger partial charge in [-0.2, -0.15) is 9.30 Å². The van der Waals surface area contributed by atoms with E-state index in [9.17, 15) is 13.2 Å². The van der Waals surface area contributed by atoms with Gasteiger partial charge in [-0.1, -0.05) is 11.3 Å². The summed E-state index contributed by atoms with van der Waals surface area (Å²) in [5.74, 6) is 0.898. The van der Waals surface area contributed by atoms with Crippen molar-refractivity contribution in [2.24, 2.45) is 4.99 Å². The molecule has 32 heavy (non-hydrogen) atoms. The Bertz CT molecular complexity index is 1340. The van der Waals surface area contributed by atoms with Gasteiger partial charge in [0.05, 0.1) is 19.1 Å². The molecule has 1 aliphatic rings. The Balaban J connectivity index is 1.72. The molecule has 0 atom stereocenters. The minimum atomic E-state index is -3.56. The van der Waals surface area contributed by atoms with Gasteiger partial charge < -0.3 is 14.0 Å². The first-order valence-corrected chi connectivity index (χ1v) is 12.5. The van der Waals surface area contributed by atoms with Crippen LogP contribution in [0.25, 0.3) is 10.2 Å². The van der Waals surface area contributed by atoms with Crippen LogP contribution in [0.2, 0.25) is 0 Å². The van der Waals surface area contributed by atoms with Crippen LogP contribution in [0.5, 0.6) is 11.5 Å². The molecule has 10 heteroatoms. The van der Waals surface area contributed by atoms with Gasteiger partial charge in [0.15, 0.2) is 4.80 Å². The molecule has 0 saturated heterocycles. The summed E-state index contributed by atoms with van der Waals surface area (Å²) in [6.07, 6.45) is 1.76. The first-order chi connectivity index (χ1) is 15.3. The first-order valence-electron chi connectivity index (χ1n) is 10.2. The molecule has 0 unspecified atom stereocenters. The number of thiazole rings is 1. The van der Waals surface area contributed by atoms with Crippen molar-refractivity contribution in [3.05, 3.63) is 46.8 Å². The number of hydrogen-bond acceptors (Lipinski definition) is 6. The molecule has 1 fully saturated rings. The van der Waals surface area contributed by atoms with Crippen molar-refractivity contribution in [3.8, 4) is 11.5 Å². The summed E-state index contributed by atoms with van der Waals surface area (Å²) in [4.78, 5) is 17.9. The SMILES string of the molecule is CCn1c(=NC(=O)c2ccc(S(=O)(=O)N(C)C3CC3)cc2)sc2c(OC)ccc(OC)c21. The van der Waals surface area contributed by atoms with Crippen molar-refractivity contribution in [1.29, 1.82) is 0 Å². The lowest BCUT2D eigenvalue weighted by atomic mass is 10.2. The number of aryl methyl sites for hydroxylation is 1. The Morgan fingerprint density at radius 3 is 2.31 bits per heavy atom. The first kappa shape index (κ1) is 22.5. The lowest BCUT2D eigenvalue weighted by Gasteiger charge is -2.16. The predicted molar refractivity (Wildman–Crippen MR) is 123 cm³/mol. The number of benzene rings is 2. The average Bonchev–Trinajstić information content (AvgIpc) is 3.58. The van der Waals surface area contributed by atoms with Crippen LogP contribution in [0.4, 0.5) is 0 Å². The molecule has 1 amide bonds. The molecule has 1 heterocycles. The van der Waals surface area contributed by atoms with Gasteiger partial charge in [-0.25, -0.2) is 8.42 Å². The number of amides is 1. The van der Waals surface area contributed by atoms with Crippen molar-refractivity contribution >= 4 is 37.5 Å². The molecular weight excluding hydrogens is 450 g/mol. The van der Waals surface area contributed by atoms with Crippen LogP contribution < -0.4 is 14.3 Å². The topological polar surface area (TPSA) is 90.2 Å². The smallest absolute Gasteiger partial charge is 0.279 e.